The molecule has 2 aliphatic rings. The van der Waals surface area contributed by atoms with Crippen molar-refractivity contribution in [3.8, 4) is 0 Å². The fourth-order valence-electron chi connectivity index (χ4n) is 4.17. The Morgan fingerprint density at radius 1 is 0.742 bits per heavy atom. The lowest BCUT2D eigenvalue weighted by Crippen LogP contribution is -2.37. The van der Waals surface area contributed by atoms with Crippen molar-refractivity contribution in [2.45, 2.75) is 35.5 Å². The van der Waals surface area contributed by atoms with Crippen molar-refractivity contribution < 1.29 is 9.15 Å². The van der Waals surface area contributed by atoms with Crippen LogP contribution in [0.15, 0.2) is 48.5 Å². The molecule has 1 unspecified atom stereocenters. The number of hydrogen-bond donors (Lipinski definition) is 0. The van der Waals surface area contributed by atoms with Gasteiger partial charge in [-0.15, -0.1) is 67.9 Å². The van der Waals surface area contributed by atoms with Gasteiger partial charge in [0.2, 0.25) is 0 Å². The van der Waals surface area contributed by atoms with Crippen LogP contribution < -0.4 is 0 Å². The molecule has 172 valence electrons. The van der Waals surface area contributed by atoms with Gasteiger partial charge in [0.1, 0.15) is 23.4 Å². The van der Waals surface area contributed by atoms with Crippen LogP contribution in [0.1, 0.15) is 35.1 Å². The SMILES string of the molecule is Br.Br.Br.Br.BrC(Br)C(CCC[N+]1=Cc2ccccc2CC1)[N+]1=Cc2ccccc2CC1. The lowest BCUT2D eigenvalue weighted by Gasteiger charge is -2.21. The lowest BCUT2D eigenvalue weighted by molar-refractivity contribution is -0.563. The van der Waals surface area contributed by atoms with Gasteiger partial charge in [0, 0.05) is 36.8 Å². The second-order valence-electron chi connectivity index (χ2n) is 7.47. The van der Waals surface area contributed by atoms with Gasteiger partial charge in [-0.1, -0.05) is 68.3 Å². The van der Waals surface area contributed by atoms with E-state index < -0.39 is 0 Å². The third kappa shape index (κ3) is 8.43. The quantitative estimate of drug-likeness (QED) is 0.221. The van der Waals surface area contributed by atoms with Crippen molar-refractivity contribution in [2.75, 3.05) is 19.6 Å². The Labute approximate surface area is 244 Å². The largest absolute Gasteiger partial charge is 0.235 e. The topological polar surface area (TPSA) is 6.02 Å². The summed E-state index contributed by atoms with van der Waals surface area (Å²) < 4.78 is 5.32. The van der Waals surface area contributed by atoms with E-state index in [2.05, 4.69) is 102 Å². The Hall–Kier alpha value is 0.660. The third-order valence-electron chi connectivity index (χ3n) is 5.71. The highest BCUT2D eigenvalue weighted by Gasteiger charge is 2.30. The van der Waals surface area contributed by atoms with Crippen molar-refractivity contribution >= 4 is 112 Å². The van der Waals surface area contributed by atoms with Crippen LogP contribution in [-0.2, 0) is 12.8 Å². The maximum absolute atomic E-state index is 3.80. The average molecular weight is 814 g/mol. The van der Waals surface area contributed by atoms with Crippen LogP contribution in [0.25, 0.3) is 0 Å². The molecule has 0 aliphatic carbocycles. The summed E-state index contributed by atoms with van der Waals surface area (Å²) in [5.41, 5.74) is 5.71. The summed E-state index contributed by atoms with van der Waals surface area (Å²) in [5, 5.41) is 0. The normalized spacial score (nSPS) is 14.8. The Kier molecular flexibility index (Phi) is 15.9. The maximum atomic E-state index is 3.80. The van der Waals surface area contributed by atoms with Gasteiger partial charge >= 0.3 is 0 Å². The maximum Gasteiger partial charge on any atom is 0.175 e. The minimum Gasteiger partial charge on any atom is -0.235 e. The zero-order chi connectivity index (χ0) is 18.6. The second-order valence-corrected chi connectivity index (χ2v) is 10.7. The number of hydrogen-bond acceptors (Lipinski definition) is 0. The fraction of sp³-hybridized carbons (Fsp3) is 0.391. The summed E-state index contributed by atoms with van der Waals surface area (Å²) in [6.07, 6.45) is 9.35. The molecule has 2 heterocycles. The molecule has 0 fully saturated rings. The first-order valence-electron chi connectivity index (χ1n) is 9.84. The van der Waals surface area contributed by atoms with Gasteiger partial charge < -0.3 is 0 Å². The molecule has 0 N–H and O–H groups in total. The first kappa shape index (κ1) is 31.7. The first-order valence-corrected chi connectivity index (χ1v) is 11.7. The minimum absolute atomic E-state index is 0. The van der Waals surface area contributed by atoms with E-state index in [1.54, 1.807) is 0 Å². The van der Waals surface area contributed by atoms with Gasteiger partial charge in [-0.3, -0.25) is 0 Å². The third-order valence-corrected chi connectivity index (χ3v) is 6.93. The predicted molar refractivity (Wildman–Crippen MR) is 162 cm³/mol. The van der Waals surface area contributed by atoms with E-state index in [9.17, 15) is 0 Å². The van der Waals surface area contributed by atoms with E-state index in [0.717, 1.165) is 32.5 Å². The number of fused-ring (bicyclic) bond motifs is 2. The summed E-state index contributed by atoms with van der Waals surface area (Å²) in [4.78, 5) is 0. The molecule has 8 heteroatoms. The van der Waals surface area contributed by atoms with Crippen LogP contribution in [0.4, 0.5) is 0 Å². The van der Waals surface area contributed by atoms with Crippen molar-refractivity contribution in [2.24, 2.45) is 0 Å². The number of alkyl halides is 2. The molecular formula is C23H30Br6N2+2. The standard InChI is InChI=1S/C23H26Br2N2.4BrH/c24-23(25)22(27-15-12-19-7-2-4-9-21(19)17-27)10-5-13-26-14-11-18-6-1-3-8-20(18)16-26;;;;/h1-4,6-9,16-17,22-23H,5,10-15H2;4*1H/q+2;;;;. The van der Waals surface area contributed by atoms with Crippen molar-refractivity contribution in [1.82, 2.24) is 0 Å². The highest BCUT2D eigenvalue weighted by atomic mass is 79.9. The van der Waals surface area contributed by atoms with Gasteiger partial charge in [-0.05, 0) is 23.3 Å². The number of nitrogens with zero attached hydrogens (tertiary/aromatic N) is 2. The van der Waals surface area contributed by atoms with Crippen LogP contribution in [0, 0.1) is 0 Å². The summed E-state index contributed by atoms with van der Waals surface area (Å²) in [5.74, 6) is 0. The van der Waals surface area contributed by atoms with Crippen LogP contribution in [0.2, 0.25) is 0 Å². The van der Waals surface area contributed by atoms with E-state index in [1.165, 1.54) is 35.1 Å². The second kappa shape index (κ2) is 15.5. The molecular weight excluding hydrogens is 784 g/mol. The predicted octanol–water partition coefficient (Wildman–Crippen LogP) is 6.94. The molecule has 0 aromatic heterocycles. The Balaban J connectivity index is 0.00000225. The van der Waals surface area contributed by atoms with E-state index in [-0.39, 0.29) is 67.9 Å². The van der Waals surface area contributed by atoms with Crippen LogP contribution in [0.3, 0.4) is 0 Å². The fourth-order valence-corrected chi connectivity index (χ4v) is 5.31. The molecule has 31 heavy (non-hydrogen) atoms. The molecule has 0 radical (unpaired) electrons. The van der Waals surface area contributed by atoms with Crippen LogP contribution in [0.5, 0.6) is 0 Å². The zero-order valence-electron chi connectivity index (χ0n) is 17.2. The first-order chi connectivity index (χ1) is 13.2. The van der Waals surface area contributed by atoms with Crippen molar-refractivity contribution in [3.05, 3.63) is 70.8 Å². The summed E-state index contributed by atoms with van der Waals surface area (Å²) in [6.45, 7) is 3.36. The summed E-state index contributed by atoms with van der Waals surface area (Å²) in [7, 11) is 0. The molecule has 2 aromatic carbocycles. The highest BCUT2D eigenvalue weighted by Crippen LogP contribution is 2.23. The van der Waals surface area contributed by atoms with Crippen molar-refractivity contribution in [3.63, 3.8) is 0 Å². The van der Waals surface area contributed by atoms with Gasteiger partial charge in [0.15, 0.2) is 18.5 Å². The number of halogens is 6. The molecule has 2 aliphatic heterocycles. The summed E-state index contributed by atoms with van der Waals surface area (Å²) >= 11 is 7.60. The zero-order valence-corrected chi connectivity index (χ0v) is 27.2. The molecule has 0 spiro atoms. The molecule has 0 saturated heterocycles. The molecule has 0 amide bonds. The Morgan fingerprint density at radius 2 is 1.29 bits per heavy atom. The number of benzene rings is 2. The van der Waals surface area contributed by atoms with Gasteiger partial charge in [0.05, 0.1) is 0 Å². The molecule has 2 aromatic rings. The Morgan fingerprint density at radius 3 is 1.90 bits per heavy atom. The molecule has 4 rings (SSSR count). The molecule has 0 saturated carbocycles. The molecule has 2 nitrogen and oxygen atoms in total. The molecule has 1 atom stereocenters. The number of rotatable bonds is 6. The Bertz CT molecular complexity index is 882. The van der Waals surface area contributed by atoms with Gasteiger partial charge in [-0.2, -0.15) is 0 Å². The average Bonchev–Trinajstić information content (AvgIpc) is 2.70. The van der Waals surface area contributed by atoms with E-state index in [4.69, 9.17) is 0 Å². The van der Waals surface area contributed by atoms with Crippen LogP contribution in [-0.4, -0.2) is 51.0 Å². The van der Waals surface area contributed by atoms with Gasteiger partial charge in [-0.25, -0.2) is 9.15 Å². The highest BCUT2D eigenvalue weighted by molar-refractivity contribution is 9.24. The van der Waals surface area contributed by atoms with Crippen LogP contribution >= 0.6 is 99.8 Å². The monoisotopic (exact) mass is 808 g/mol. The minimum atomic E-state index is 0. The molecule has 0 bridgehead atoms. The lowest BCUT2D eigenvalue weighted by atomic mass is 10.0. The smallest absolute Gasteiger partial charge is 0.175 e. The van der Waals surface area contributed by atoms with E-state index in [0.29, 0.717) is 9.78 Å². The summed E-state index contributed by atoms with van der Waals surface area (Å²) in [6, 6.07) is 18.0. The van der Waals surface area contributed by atoms with E-state index >= 15 is 0 Å². The van der Waals surface area contributed by atoms with Gasteiger partial charge in [0.25, 0.3) is 0 Å². The van der Waals surface area contributed by atoms with E-state index in [1.807, 2.05) is 0 Å². The van der Waals surface area contributed by atoms with Crippen molar-refractivity contribution in [1.29, 1.82) is 0 Å².